The van der Waals surface area contributed by atoms with Crippen LogP contribution in [0.3, 0.4) is 0 Å². The van der Waals surface area contributed by atoms with E-state index in [9.17, 15) is 5.21 Å². The number of thiol groups is 1. The summed E-state index contributed by atoms with van der Waals surface area (Å²) >= 11 is 0. The van der Waals surface area contributed by atoms with Gasteiger partial charge >= 0.3 is 0 Å². The summed E-state index contributed by atoms with van der Waals surface area (Å²) in [6, 6.07) is 5.18. The van der Waals surface area contributed by atoms with Gasteiger partial charge in [0.1, 0.15) is 0 Å². The van der Waals surface area contributed by atoms with Gasteiger partial charge in [-0.15, -0.1) is 0 Å². The zero-order chi connectivity index (χ0) is 8.69. The fraction of sp³-hybridized carbons (Fsp3) is 0. The molecule has 0 spiro atoms. The van der Waals surface area contributed by atoms with Gasteiger partial charge in [0.05, 0.1) is 0 Å². The smallest absolute Gasteiger partial charge is 0.254 e. The van der Waals surface area contributed by atoms with Crippen LogP contribution in [0.4, 0.5) is 0 Å². The third-order valence-electron chi connectivity index (χ3n) is 0.688. The second-order valence-electron chi connectivity index (χ2n) is 1.47. The minimum Gasteiger partial charge on any atom is -0.619 e. The summed E-state index contributed by atoms with van der Waals surface area (Å²) in [6.45, 7) is 0. The normalized spacial score (nSPS) is 7.83. The fourth-order valence-electron chi connectivity index (χ4n) is 0.383. The van der Waals surface area contributed by atoms with Gasteiger partial charge < -0.3 is 5.21 Å². The SMILES string of the molecule is O=[SH](=O)O.[O-][n+]1ccccc1.[Zn]. The molecule has 0 radical (unpaired) electrons. The van der Waals surface area contributed by atoms with Crippen LogP contribution in [0.25, 0.3) is 0 Å². The molecule has 7 heteroatoms. The van der Waals surface area contributed by atoms with Crippen molar-refractivity contribution in [2.75, 3.05) is 0 Å². The molecule has 0 bridgehead atoms. The van der Waals surface area contributed by atoms with Crippen molar-refractivity contribution in [2.45, 2.75) is 0 Å². The molecule has 0 saturated carbocycles. The summed E-state index contributed by atoms with van der Waals surface area (Å²) in [6.07, 6.45) is 2.89. The van der Waals surface area contributed by atoms with Gasteiger partial charge in [0.25, 0.3) is 11.0 Å². The maximum Gasteiger partial charge on any atom is 0.254 e. The van der Waals surface area contributed by atoms with Crippen molar-refractivity contribution in [3.8, 4) is 0 Å². The average molecular weight is 243 g/mol. The van der Waals surface area contributed by atoms with Crippen molar-refractivity contribution in [3.63, 3.8) is 0 Å². The van der Waals surface area contributed by atoms with Gasteiger partial charge in [-0.1, -0.05) is 6.07 Å². The Balaban J connectivity index is 0. The van der Waals surface area contributed by atoms with E-state index in [1.54, 1.807) is 18.2 Å². The molecule has 1 N–H and O–H groups in total. The molecular weight excluding hydrogens is 236 g/mol. The number of hydrogen-bond acceptors (Lipinski definition) is 3. The van der Waals surface area contributed by atoms with Gasteiger partial charge in [-0.2, -0.15) is 4.73 Å². The minimum atomic E-state index is -3.12. The van der Waals surface area contributed by atoms with Crippen molar-refractivity contribution < 1.29 is 37.2 Å². The maximum atomic E-state index is 10.2. The second-order valence-corrected chi connectivity index (χ2v) is 1.95. The van der Waals surface area contributed by atoms with E-state index in [1.807, 2.05) is 0 Å². The van der Waals surface area contributed by atoms with Crippen molar-refractivity contribution in [3.05, 3.63) is 35.8 Å². The molecule has 1 aromatic rings. The second kappa shape index (κ2) is 8.58. The first-order valence-electron chi connectivity index (χ1n) is 2.60. The van der Waals surface area contributed by atoms with Crippen molar-refractivity contribution in [2.24, 2.45) is 0 Å². The summed E-state index contributed by atoms with van der Waals surface area (Å²) in [5, 5.41) is 10.2. The maximum absolute atomic E-state index is 10.2. The number of rotatable bonds is 0. The van der Waals surface area contributed by atoms with E-state index in [0.29, 0.717) is 0 Å². The van der Waals surface area contributed by atoms with Gasteiger partial charge in [-0.3, -0.25) is 4.55 Å². The summed E-state index contributed by atoms with van der Waals surface area (Å²) < 4.78 is 24.9. The minimum absolute atomic E-state index is 0. The molecule has 0 atom stereocenters. The summed E-state index contributed by atoms with van der Waals surface area (Å²) in [5.74, 6) is 0. The first-order valence-corrected chi connectivity index (χ1v) is 3.73. The molecule has 1 aromatic heterocycles. The van der Waals surface area contributed by atoms with Crippen LogP contribution in [0.5, 0.6) is 0 Å². The monoisotopic (exact) mass is 241 g/mol. The molecule has 0 fully saturated rings. The van der Waals surface area contributed by atoms with Gasteiger partial charge in [-0.25, -0.2) is 8.42 Å². The Morgan fingerprint density at radius 1 is 1.17 bits per heavy atom. The van der Waals surface area contributed by atoms with Crippen LogP contribution in [0.1, 0.15) is 0 Å². The fourth-order valence-corrected chi connectivity index (χ4v) is 0.383. The van der Waals surface area contributed by atoms with Crippen LogP contribution in [-0.4, -0.2) is 13.0 Å². The largest absolute Gasteiger partial charge is 0.619 e. The van der Waals surface area contributed by atoms with Gasteiger partial charge in [0.2, 0.25) is 0 Å². The first kappa shape index (κ1) is 14.0. The number of aromatic nitrogens is 1. The number of hydrogen-bond donors (Lipinski definition) is 2. The molecular formula is C5H7NO4SZn. The quantitative estimate of drug-likeness (QED) is 0.209. The first-order chi connectivity index (χ1) is 5.13. The van der Waals surface area contributed by atoms with E-state index in [-0.39, 0.29) is 19.5 Å². The van der Waals surface area contributed by atoms with Crippen LogP contribution in [0.2, 0.25) is 0 Å². The van der Waals surface area contributed by atoms with Crippen LogP contribution in [0, 0.1) is 5.21 Å². The van der Waals surface area contributed by atoms with Crippen LogP contribution in [-0.2, 0) is 30.5 Å². The summed E-state index contributed by atoms with van der Waals surface area (Å²) in [5.41, 5.74) is 0. The Morgan fingerprint density at radius 3 is 1.67 bits per heavy atom. The Bertz CT molecular complexity index is 255. The Hall–Kier alpha value is -0.517. The summed E-state index contributed by atoms with van der Waals surface area (Å²) in [4.78, 5) is 0. The molecule has 0 aliphatic heterocycles. The third kappa shape index (κ3) is 12.2. The van der Waals surface area contributed by atoms with Gasteiger partial charge in [0, 0.05) is 31.6 Å². The number of pyridine rings is 1. The molecule has 0 aliphatic carbocycles. The Morgan fingerprint density at radius 2 is 1.50 bits per heavy atom. The molecule has 1 heterocycles. The third-order valence-corrected chi connectivity index (χ3v) is 0.688. The van der Waals surface area contributed by atoms with Crippen molar-refractivity contribution in [1.29, 1.82) is 0 Å². The molecule has 5 nitrogen and oxygen atoms in total. The topological polar surface area (TPSA) is 81.3 Å². The molecule has 0 unspecified atom stereocenters. The van der Waals surface area contributed by atoms with Gasteiger partial charge in [-0.05, 0) is 0 Å². The van der Waals surface area contributed by atoms with E-state index in [4.69, 9.17) is 13.0 Å². The van der Waals surface area contributed by atoms with E-state index in [0.717, 1.165) is 4.73 Å². The predicted octanol–water partition coefficient (Wildman–Crippen LogP) is -0.612. The van der Waals surface area contributed by atoms with Crippen molar-refractivity contribution in [1.82, 2.24) is 0 Å². The molecule has 12 heavy (non-hydrogen) atoms. The molecule has 64 valence electrons. The molecule has 1 rings (SSSR count). The Kier molecular flexibility index (Phi) is 10.0. The Labute approximate surface area is 84.2 Å². The van der Waals surface area contributed by atoms with E-state index >= 15 is 0 Å². The van der Waals surface area contributed by atoms with E-state index < -0.39 is 11.0 Å². The van der Waals surface area contributed by atoms with E-state index in [2.05, 4.69) is 0 Å². The zero-order valence-electron chi connectivity index (χ0n) is 6.16. The van der Waals surface area contributed by atoms with E-state index in [1.165, 1.54) is 12.4 Å². The standard InChI is InChI=1S/C5H5NO.H2O3S.Zn/c7-6-4-2-1-3-5-6;1-4(2)3;/h1-5H;4H,(H,1,2,3);. The zero-order valence-corrected chi connectivity index (χ0v) is 10.0. The predicted molar refractivity (Wildman–Crippen MR) is 38.3 cm³/mol. The van der Waals surface area contributed by atoms with Crippen LogP contribution in [0.15, 0.2) is 30.6 Å². The van der Waals surface area contributed by atoms with Crippen molar-refractivity contribution >= 4 is 11.0 Å². The summed E-state index contributed by atoms with van der Waals surface area (Å²) in [7, 11) is -3.12. The molecule has 0 aliphatic rings. The number of nitrogens with zero attached hydrogens (tertiary/aromatic N) is 1. The molecule has 0 amide bonds. The molecule has 0 aromatic carbocycles. The van der Waals surface area contributed by atoms with Crippen LogP contribution >= 0.6 is 0 Å². The van der Waals surface area contributed by atoms with Crippen LogP contribution < -0.4 is 4.73 Å². The van der Waals surface area contributed by atoms with Gasteiger partial charge in [0.15, 0.2) is 12.4 Å². The molecule has 0 saturated heterocycles. The average Bonchev–Trinajstić information content (AvgIpc) is 1.87.